The van der Waals surface area contributed by atoms with E-state index >= 15 is 0 Å². The number of hydrogen-bond donors (Lipinski definition) is 3. The van der Waals surface area contributed by atoms with Crippen LogP contribution in [-0.4, -0.2) is 42.2 Å². The number of aliphatic hydroxyl groups is 2. The number of nitrogens with one attached hydrogen (secondary N) is 1. The molecule has 5 nitrogen and oxygen atoms in total. The van der Waals surface area contributed by atoms with Gasteiger partial charge in [0, 0.05) is 6.54 Å². The molecule has 0 saturated heterocycles. The Balaban J connectivity index is 3.54. The molecular formula is C6H13NO4. The van der Waals surface area contributed by atoms with E-state index in [0.29, 0.717) is 6.54 Å². The molecule has 0 radical (unpaired) electrons. The largest absolute Gasteiger partial charge is 0.441 e. The number of carbonyl (C=O) groups is 1. The van der Waals surface area contributed by atoms with Crippen molar-refractivity contribution in [3.8, 4) is 0 Å². The molecule has 11 heavy (non-hydrogen) atoms. The fraction of sp³-hybridized carbons (Fsp3) is 0.833. The first-order valence-corrected chi connectivity index (χ1v) is 3.40. The third kappa shape index (κ3) is 4.58. The highest BCUT2D eigenvalue weighted by Gasteiger charge is 2.10. The highest BCUT2D eigenvalue weighted by molar-refractivity contribution is 5.67. The first-order chi connectivity index (χ1) is 5.24. The Hall–Kier alpha value is -0.810. The van der Waals surface area contributed by atoms with E-state index in [1.807, 2.05) is 0 Å². The lowest BCUT2D eigenvalue weighted by Crippen LogP contribution is -2.32. The molecule has 0 aromatic heterocycles. The van der Waals surface area contributed by atoms with Crippen molar-refractivity contribution < 1.29 is 19.7 Å². The lowest BCUT2D eigenvalue weighted by atomic mass is 10.4. The molecule has 0 aliphatic carbocycles. The molecule has 66 valence electrons. The topological polar surface area (TPSA) is 78.8 Å². The summed E-state index contributed by atoms with van der Waals surface area (Å²) >= 11 is 0. The van der Waals surface area contributed by atoms with Crippen molar-refractivity contribution in [1.29, 1.82) is 0 Å². The third-order valence-electron chi connectivity index (χ3n) is 1.00. The van der Waals surface area contributed by atoms with Crippen molar-refractivity contribution in [1.82, 2.24) is 5.32 Å². The molecule has 0 unspecified atom stereocenters. The average molecular weight is 163 g/mol. The van der Waals surface area contributed by atoms with Crippen molar-refractivity contribution in [2.24, 2.45) is 0 Å². The second-order valence-electron chi connectivity index (χ2n) is 1.92. The SMILES string of the molecule is CCNC(=O)OC(CO)CO. The maximum Gasteiger partial charge on any atom is 0.407 e. The van der Waals surface area contributed by atoms with Gasteiger partial charge in [0.25, 0.3) is 0 Å². The summed E-state index contributed by atoms with van der Waals surface area (Å²) in [6.07, 6.45) is -1.44. The van der Waals surface area contributed by atoms with E-state index in [2.05, 4.69) is 10.1 Å². The minimum atomic E-state index is -0.818. The molecule has 0 atom stereocenters. The van der Waals surface area contributed by atoms with Crippen LogP contribution in [0.15, 0.2) is 0 Å². The Labute approximate surface area is 65.0 Å². The summed E-state index contributed by atoms with van der Waals surface area (Å²) in [5.74, 6) is 0. The van der Waals surface area contributed by atoms with E-state index in [-0.39, 0.29) is 13.2 Å². The Morgan fingerprint density at radius 1 is 1.55 bits per heavy atom. The molecule has 0 aliphatic rings. The molecule has 0 saturated carbocycles. The summed E-state index contributed by atoms with van der Waals surface area (Å²) in [5.41, 5.74) is 0. The number of aliphatic hydroxyl groups excluding tert-OH is 2. The van der Waals surface area contributed by atoms with Gasteiger partial charge in [-0.25, -0.2) is 4.79 Å². The second kappa shape index (κ2) is 5.94. The van der Waals surface area contributed by atoms with Gasteiger partial charge in [-0.3, -0.25) is 0 Å². The number of carbonyl (C=O) groups excluding carboxylic acids is 1. The molecule has 0 heterocycles. The Morgan fingerprint density at radius 3 is 2.45 bits per heavy atom. The van der Waals surface area contributed by atoms with Gasteiger partial charge in [0.15, 0.2) is 0 Å². The molecule has 1 amide bonds. The summed E-state index contributed by atoms with van der Waals surface area (Å²) in [6.45, 7) is 1.47. The highest BCUT2D eigenvalue weighted by atomic mass is 16.6. The summed E-state index contributed by atoms with van der Waals surface area (Å²) in [7, 11) is 0. The summed E-state index contributed by atoms with van der Waals surface area (Å²) in [4.78, 5) is 10.6. The van der Waals surface area contributed by atoms with E-state index in [9.17, 15) is 4.79 Å². The summed E-state index contributed by atoms with van der Waals surface area (Å²) in [6, 6.07) is 0. The van der Waals surface area contributed by atoms with Gasteiger partial charge in [-0.1, -0.05) is 0 Å². The lowest BCUT2D eigenvalue weighted by molar-refractivity contribution is 0.0225. The van der Waals surface area contributed by atoms with E-state index in [1.165, 1.54) is 0 Å². The van der Waals surface area contributed by atoms with Crippen LogP contribution >= 0.6 is 0 Å². The monoisotopic (exact) mass is 163 g/mol. The molecule has 0 aromatic rings. The summed E-state index contributed by atoms with van der Waals surface area (Å²) in [5, 5.41) is 19.3. The van der Waals surface area contributed by atoms with E-state index in [1.54, 1.807) is 6.92 Å². The lowest BCUT2D eigenvalue weighted by Gasteiger charge is -2.12. The minimum Gasteiger partial charge on any atom is -0.441 e. The van der Waals surface area contributed by atoms with Crippen LogP contribution in [0.4, 0.5) is 4.79 Å². The summed E-state index contributed by atoms with van der Waals surface area (Å²) < 4.78 is 4.54. The van der Waals surface area contributed by atoms with Crippen molar-refractivity contribution in [3.05, 3.63) is 0 Å². The first kappa shape index (κ1) is 10.2. The number of ether oxygens (including phenoxy) is 1. The van der Waals surface area contributed by atoms with Crippen molar-refractivity contribution in [2.75, 3.05) is 19.8 Å². The zero-order valence-corrected chi connectivity index (χ0v) is 6.41. The number of amides is 1. The van der Waals surface area contributed by atoms with Crippen LogP contribution in [0.5, 0.6) is 0 Å². The van der Waals surface area contributed by atoms with Crippen LogP contribution in [0, 0.1) is 0 Å². The number of hydrogen-bond acceptors (Lipinski definition) is 4. The van der Waals surface area contributed by atoms with Gasteiger partial charge in [0.05, 0.1) is 13.2 Å². The van der Waals surface area contributed by atoms with Crippen LogP contribution in [0.3, 0.4) is 0 Å². The molecule has 0 aliphatic heterocycles. The van der Waals surface area contributed by atoms with Gasteiger partial charge in [0.1, 0.15) is 6.10 Å². The van der Waals surface area contributed by atoms with Gasteiger partial charge in [-0.05, 0) is 6.92 Å². The van der Waals surface area contributed by atoms with Crippen LogP contribution in [-0.2, 0) is 4.74 Å². The van der Waals surface area contributed by atoms with Crippen LogP contribution < -0.4 is 5.32 Å². The zero-order chi connectivity index (χ0) is 8.69. The van der Waals surface area contributed by atoms with E-state index < -0.39 is 12.2 Å². The van der Waals surface area contributed by atoms with Crippen molar-refractivity contribution in [3.63, 3.8) is 0 Å². The molecule has 0 bridgehead atoms. The molecule has 5 heteroatoms. The van der Waals surface area contributed by atoms with Crippen LogP contribution in [0.25, 0.3) is 0 Å². The number of rotatable bonds is 4. The molecule has 0 rings (SSSR count). The van der Waals surface area contributed by atoms with Crippen molar-refractivity contribution in [2.45, 2.75) is 13.0 Å². The molecule has 0 fully saturated rings. The predicted octanol–water partition coefficient (Wildman–Crippen LogP) is -0.914. The number of alkyl carbamates (subject to hydrolysis) is 1. The van der Waals surface area contributed by atoms with Gasteiger partial charge >= 0.3 is 6.09 Å². The minimum absolute atomic E-state index is 0.367. The van der Waals surface area contributed by atoms with Gasteiger partial charge in [-0.15, -0.1) is 0 Å². The quantitative estimate of drug-likeness (QED) is 0.501. The Morgan fingerprint density at radius 2 is 2.09 bits per heavy atom. The maximum atomic E-state index is 10.6. The van der Waals surface area contributed by atoms with Gasteiger partial charge in [-0.2, -0.15) is 0 Å². The van der Waals surface area contributed by atoms with Crippen molar-refractivity contribution >= 4 is 6.09 Å². The fourth-order valence-corrected chi connectivity index (χ4v) is 0.470. The normalized spacial score (nSPS) is 9.82. The molecule has 0 aromatic carbocycles. The highest BCUT2D eigenvalue weighted by Crippen LogP contribution is 1.89. The van der Waals surface area contributed by atoms with E-state index in [0.717, 1.165) is 0 Å². The maximum absolute atomic E-state index is 10.6. The van der Waals surface area contributed by atoms with Crippen LogP contribution in [0.2, 0.25) is 0 Å². The van der Waals surface area contributed by atoms with Gasteiger partial charge in [0.2, 0.25) is 0 Å². The smallest absolute Gasteiger partial charge is 0.407 e. The fourth-order valence-electron chi connectivity index (χ4n) is 0.470. The Bertz CT molecular complexity index is 113. The molecule has 3 N–H and O–H groups in total. The molecular weight excluding hydrogens is 150 g/mol. The van der Waals surface area contributed by atoms with E-state index in [4.69, 9.17) is 10.2 Å². The van der Waals surface area contributed by atoms with Crippen LogP contribution in [0.1, 0.15) is 6.92 Å². The van der Waals surface area contributed by atoms with Gasteiger partial charge < -0.3 is 20.3 Å². The molecule has 0 spiro atoms. The Kier molecular flexibility index (Phi) is 5.50. The predicted molar refractivity (Wildman–Crippen MR) is 38.1 cm³/mol. The standard InChI is InChI=1S/C6H13NO4/c1-2-7-6(10)11-5(3-8)4-9/h5,8-9H,2-4H2,1H3,(H,7,10). The third-order valence-corrected chi connectivity index (χ3v) is 1.00. The zero-order valence-electron chi connectivity index (χ0n) is 6.41. The second-order valence-corrected chi connectivity index (χ2v) is 1.92. The first-order valence-electron chi connectivity index (χ1n) is 3.40. The average Bonchev–Trinajstić information content (AvgIpc) is 2.01.